The molecule has 0 amide bonds. The molecule has 1 N–H and O–H groups in total. The largest absolute Gasteiger partial charge is 0.311 e. The lowest BCUT2D eigenvalue weighted by molar-refractivity contribution is -0.0556. The summed E-state index contributed by atoms with van der Waals surface area (Å²) in [5.41, 5.74) is 1.27. The molecule has 0 aromatic carbocycles. The van der Waals surface area contributed by atoms with Crippen molar-refractivity contribution in [2.24, 2.45) is 45.9 Å². The van der Waals surface area contributed by atoms with E-state index in [1.54, 1.807) is 19.3 Å². The molecule has 3 heteroatoms. The third-order valence-corrected chi connectivity index (χ3v) is 9.70. The maximum atomic E-state index is 4.64. The van der Waals surface area contributed by atoms with Gasteiger partial charge in [0.25, 0.3) is 0 Å². The Hall–Kier alpha value is -0.240. The molecule has 8 saturated carbocycles. The lowest BCUT2D eigenvalue weighted by Crippen LogP contribution is -2.58. The fourth-order valence-electron chi connectivity index (χ4n) is 9.64. The highest BCUT2D eigenvalue weighted by atomic mass is 32.1. The molecule has 8 rings (SSSR count). The third kappa shape index (κ3) is 3.88. The molecule has 0 aromatic rings. The van der Waals surface area contributed by atoms with E-state index in [2.05, 4.69) is 34.6 Å². The first kappa shape index (κ1) is 19.7. The first-order valence-corrected chi connectivity index (χ1v) is 12.8. The Labute approximate surface area is 177 Å². The minimum atomic E-state index is 0.601. The van der Waals surface area contributed by atoms with Gasteiger partial charge in [-0.05, 0) is 143 Å². The quantitative estimate of drug-likeness (QED) is 0.435. The van der Waals surface area contributed by atoms with Crippen LogP contribution < -0.4 is 5.32 Å². The molecule has 0 saturated heterocycles. The van der Waals surface area contributed by atoms with Gasteiger partial charge in [-0.1, -0.05) is 6.92 Å². The number of hydrogen-bond donors (Lipinski definition) is 1. The van der Waals surface area contributed by atoms with Crippen LogP contribution >= 0.6 is 12.2 Å². The predicted molar refractivity (Wildman–Crippen MR) is 120 cm³/mol. The summed E-state index contributed by atoms with van der Waals surface area (Å²) in [6, 6.07) is 0. The fourth-order valence-corrected chi connectivity index (χ4v) is 9.73. The molecule has 0 radical (unpaired) electrons. The van der Waals surface area contributed by atoms with E-state index in [0.29, 0.717) is 11.0 Å². The zero-order valence-electron chi connectivity index (χ0n) is 17.9. The fraction of sp³-hybridized carbons (Fsp3) is 0.960. The van der Waals surface area contributed by atoms with Gasteiger partial charge in [0.15, 0.2) is 0 Å². The average Bonchev–Trinajstić information content (AvgIpc) is 2.60. The molecule has 0 heterocycles. The minimum Gasteiger partial charge on any atom is -0.311 e. The summed E-state index contributed by atoms with van der Waals surface area (Å²) >= 11 is 4.64. The molecule has 0 unspecified atom stereocenters. The van der Waals surface area contributed by atoms with Gasteiger partial charge in [0.1, 0.15) is 0 Å². The highest BCUT2D eigenvalue weighted by Gasteiger charge is 2.51. The highest BCUT2D eigenvalue weighted by Crippen LogP contribution is 2.61. The van der Waals surface area contributed by atoms with Crippen molar-refractivity contribution in [1.29, 1.82) is 0 Å². The Balaban J connectivity index is 0.000000123. The average molecular weight is 401 g/mol. The van der Waals surface area contributed by atoms with Crippen LogP contribution in [0.1, 0.15) is 90.4 Å². The number of hydrogen-bond acceptors (Lipinski definition) is 3. The molecule has 2 nitrogen and oxygen atoms in total. The second kappa shape index (κ2) is 7.78. The smallest absolute Gasteiger partial charge is 0.0584 e. The molecule has 8 bridgehead atoms. The van der Waals surface area contributed by atoms with E-state index in [1.165, 1.54) is 70.8 Å². The normalized spacial score (nSPS) is 49.5. The highest BCUT2D eigenvalue weighted by molar-refractivity contribution is 7.78. The molecule has 0 aromatic heterocycles. The summed E-state index contributed by atoms with van der Waals surface area (Å²) in [7, 11) is 0. The summed E-state index contributed by atoms with van der Waals surface area (Å²) in [5, 5.41) is 6.30. The van der Waals surface area contributed by atoms with Crippen LogP contribution in [-0.4, -0.2) is 23.8 Å². The van der Waals surface area contributed by atoms with Crippen LogP contribution in [0.15, 0.2) is 4.99 Å². The number of aliphatic imine (C=N–C) groups is 1. The topological polar surface area (TPSA) is 24.4 Å². The van der Waals surface area contributed by atoms with Crippen LogP contribution in [0.2, 0.25) is 0 Å². The molecule has 28 heavy (non-hydrogen) atoms. The van der Waals surface area contributed by atoms with Gasteiger partial charge in [-0.2, -0.15) is 0 Å². The predicted octanol–water partition coefficient (Wildman–Crippen LogP) is 6.26. The maximum Gasteiger partial charge on any atom is 0.0584 e. The van der Waals surface area contributed by atoms with E-state index in [9.17, 15) is 0 Å². The van der Waals surface area contributed by atoms with Crippen LogP contribution in [0.25, 0.3) is 0 Å². The van der Waals surface area contributed by atoms with Gasteiger partial charge in [-0.25, -0.2) is 4.99 Å². The van der Waals surface area contributed by atoms with Crippen molar-refractivity contribution in [1.82, 2.24) is 5.32 Å². The van der Waals surface area contributed by atoms with Gasteiger partial charge in [0.05, 0.1) is 5.16 Å². The SMILES string of the molecule is CCNC12CC3CC(CC(C3)C1)C2.S=C=NCCC12CC3CC(CC(C3)C1)C2. The Morgan fingerprint density at radius 1 is 0.786 bits per heavy atom. The van der Waals surface area contributed by atoms with Gasteiger partial charge >= 0.3 is 0 Å². The Morgan fingerprint density at radius 3 is 1.61 bits per heavy atom. The van der Waals surface area contributed by atoms with Crippen LogP contribution in [0, 0.1) is 40.9 Å². The minimum absolute atomic E-state index is 0.601. The van der Waals surface area contributed by atoms with E-state index >= 15 is 0 Å². The molecule has 8 fully saturated rings. The van der Waals surface area contributed by atoms with E-state index < -0.39 is 0 Å². The van der Waals surface area contributed by atoms with Crippen LogP contribution in [0.3, 0.4) is 0 Å². The molecule has 0 spiro atoms. The summed E-state index contributed by atoms with van der Waals surface area (Å²) in [5.74, 6) is 6.45. The van der Waals surface area contributed by atoms with Gasteiger partial charge in [0, 0.05) is 12.1 Å². The van der Waals surface area contributed by atoms with Crippen molar-refractivity contribution >= 4 is 17.4 Å². The number of rotatable bonds is 5. The van der Waals surface area contributed by atoms with E-state index in [-0.39, 0.29) is 0 Å². The second-order valence-electron chi connectivity index (χ2n) is 11.9. The van der Waals surface area contributed by atoms with Crippen molar-refractivity contribution in [2.45, 2.75) is 95.9 Å². The van der Waals surface area contributed by atoms with Crippen LogP contribution in [-0.2, 0) is 0 Å². The first-order chi connectivity index (χ1) is 13.6. The van der Waals surface area contributed by atoms with E-state index in [4.69, 9.17) is 0 Å². The first-order valence-electron chi connectivity index (χ1n) is 12.4. The monoisotopic (exact) mass is 400 g/mol. The zero-order chi connectivity index (χ0) is 19.2. The van der Waals surface area contributed by atoms with Crippen molar-refractivity contribution < 1.29 is 0 Å². The zero-order valence-corrected chi connectivity index (χ0v) is 18.7. The summed E-state index contributed by atoms with van der Waals surface area (Å²) in [6.45, 7) is 4.36. The number of nitrogens with zero attached hydrogens (tertiary/aromatic N) is 1. The van der Waals surface area contributed by atoms with Crippen molar-refractivity contribution in [3.63, 3.8) is 0 Å². The number of nitrogens with one attached hydrogen (secondary N) is 1. The van der Waals surface area contributed by atoms with E-state index in [0.717, 1.165) is 42.1 Å². The number of thiocarbonyl (C=S) groups is 1. The molecule has 156 valence electrons. The molecule has 8 aliphatic rings. The van der Waals surface area contributed by atoms with Gasteiger partial charge in [-0.3, -0.25) is 0 Å². The summed E-state index contributed by atoms with van der Waals surface area (Å²) in [4.78, 5) is 4.11. The van der Waals surface area contributed by atoms with Gasteiger partial charge in [0.2, 0.25) is 0 Å². The molecular weight excluding hydrogens is 360 g/mol. The summed E-state index contributed by atoms with van der Waals surface area (Å²) in [6.07, 6.45) is 19.5. The summed E-state index contributed by atoms with van der Waals surface area (Å²) < 4.78 is 0. The second-order valence-corrected chi connectivity index (χ2v) is 12.1. The van der Waals surface area contributed by atoms with E-state index in [1.807, 2.05) is 0 Å². The lowest BCUT2D eigenvalue weighted by atomic mass is 9.49. The van der Waals surface area contributed by atoms with Crippen LogP contribution in [0.4, 0.5) is 0 Å². The molecule has 8 aliphatic carbocycles. The molecule has 0 aliphatic heterocycles. The maximum absolute atomic E-state index is 4.64. The lowest BCUT2D eigenvalue weighted by Gasteiger charge is -2.57. The van der Waals surface area contributed by atoms with Crippen LogP contribution in [0.5, 0.6) is 0 Å². The van der Waals surface area contributed by atoms with Gasteiger partial charge in [-0.15, -0.1) is 0 Å². The Kier molecular flexibility index (Phi) is 5.48. The molecular formula is C25H40N2S. The van der Waals surface area contributed by atoms with Crippen molar-refractivity contribution in [3.05, 3.63) is 0 Å². The third-order valence-electron chi connectivity index (χ3n) is 9.57. The molecule has 0 atom stereocenters. The van der Waals surface area contributed by atoms with Crippen molar-refractivity contribution in [2.75, 3.05) is 13.1 Å². The Bertz CT molecular complexity index is 549. The van der Waals surface area contributed by atoms with Crippen molar-refractivity contribution in [3.8, 4) is 0 Å². The number of isothiocyanates is 1. The van der Waals surface area contributed by atoms with Gasteiger partial charge < -0.3 is 5.32 Å². The Morgan fingerprint density at radius 2 is 1.21 bits per heavy atom. The standard InChI is InChI=1S/C13H19NS.C12H21N/c15-9-14-2-1-13-6-10-3-11(7-13)5-12(4-10)8-13;1-2-13-12-6-9-3-10(7-12)5-11(4-9)8-12/h10-12H,1-8H2;9-11,13H,2-8H2,1H3.